The molecule has 170 valence electrons. The molecule has 0 aliphatic heterocycles. The third kappa shape index (κ3) is 14.0. The van der Waals surface area contributed by atoms with Gasteiger partial charge in [-0.3, -0.25) is 19.6 Å². The summed E-state index contributed by atoms with van der Waals surface area (Å²) in [4.78, 5) is 36.1. The molecule has 0 aromatic carbocycles. The van der Waals surface area contributed by atoms with Crippen molar-refractivity contribution in [2.75, 3.05) is 19.6 Å². The van der Waals surface area contributed by atoms with E-state index in [1.807, 2.05) is 0 Å². The van der Waals surface area contributed by atoms with Crippen molar-refractivity contribution in [1.82, 2.24) is 15.7 Å². The maximum absolute atomic E-state index is 12.8. The topological polar surface area (TPSA) is 125 Å². The number of amides is 3. The minimum Gasteiger partial charge on any atom is -0.354 e. The average molecular weight is 415 g/mol. The van der Waals surface area contributed by atoms with Crippen LogP contribution in [0.25, 0.3) is 0 Å². The highest BCUT2D eigenvalue weighted by Crippen LogP contribution is 2.13. The molecular weight excluding hydrogens is 372 g/mol. The predicted octanol–water partition coefficient (Wildman–Crippen LogP) is 2.34. The Hall–Kier alpha value is -1.67. The third-order valence-electron chi connectivity index (χ3n) is 4.97. The first-order valence-corrected chi connectivity index (χ1v) is 11.2. The van der Waals surface area contributed by atoms with Crippen molar-refractivity contribution in [3.8, 4) is 0 Å². The van der Waals surface area contributed by atoms with Crippen LogP contribution in [0, 0.1) is 5.92 Å². The predicted molar refractivity (Wildman–Crippen MR) is 114 cm³/mol. The van der Waals surface area contributed by atoms with E-state index < -0.39 is 12.0 Å². The van der Waals surface area contributed by atoms with Crippen LogP contribution >= 0.6 is 0 Å². The summed E-state index contributed by atoms with van der Waals surface area (Å²) in [6, 6.07) is -0.628. The molecule has 0 aromatic rings. The zero-order chi connectivity index (χ0) is 21.9. The Morgan fingerprint density at radius 1 is 0.966 bits per heavy atom. The summed E-state index contributed by atoms with van der Waals surface area (Å²) < 4.78 is 0. The van der Waals surface area contributed by atoms with Crippen molar-refractivity contribution in [2.24, 2.45) is 11.7 Å². The van der Waals surface area contributed by atoms with E-state index in [9.17, 15) is 19.6 Å². The van der Waals surface area contributed by atoms with Gasteiger partial charge in [0, 0.05) is 6.54 Å². The highest BCUT2D eigenvalue weighted by molar-refractivity contribution is 5.88. The first-order chi connectivity index (χ1) is 14.0. The van der Waals surface area contributed by atoms with Crippen LogP contribution in [-0.2, 0) is 14.4 Å². The Morgan fingerprint density at radius 2 is 1.62 bits per heavy atom. The summed E-state index contributed by atoms with van der Waals surface area (Å²) in [5.41, 5.74) is 5.55. The van der Waals surface area contributed by atoms with E-state index >= 15 is 0 Å². The minimum absolute atomic E-state index is 0.0762. The van der Waals surface area contributed by atoms with Gasteiger partial charge in [0.25, 0.3) is 0 Å². The van der Waals surface area contributed by atoms with Crippen LogP contribution in [0.3, 0.4) is 0 Å². The Morgan fingerprint density at radius 3 is 2.24 bits per heavy atom. The number of nitrogens with two attached hydrogens (primary N) is 1. The molecule has 29 heavy (non-hydrogen) atoms. The highest BCUT2D eigenvalue weighted by atomic mass is 16.5. The Kier molecular flexibility index (Phi) is 17.3. The SMILES string of the molecule is CCCCCCNC(=O)[C@H](CCCCN)NC(=O)[C@H](CCCCC)CN(O)C=O. The van der Waals surface area contributed by atoms with Gasteiger partial charge in [0.05, 0.1) is 12.5 Å². The lowest BCUT2D eigenvalue weighted by molar-refractivity contribution is -0.155. The molecule has 0 saturated heterocycles. The molecule has 2 atom stereocenters. The van der Waals surface area contributed by atoms with Crippen LogP contribution in [0.15, 0.2) is 0 Å². The number of hydrogen-bond acceptors (Lipinski definition) is 5. The molecule has 0 rings (SSSR count). The Bertz CT molecular complexity index is 448. The fraction of sp³-hybridized carbons (Fsp3) is 0.857. The monoisotopic (exact) mass is 414 g/mol. The smallest absolute Gasteiger partial charge is 0.242 e. The van der Waals surface area contributed by atoms with Crippen molar-refractivity contribution >= 4 is 18.2 Å². The summed E-state index contributed by atoms with van der Waals surface area (Å²) in [6.07, 6.45) is 9.94. The molecule has 8 nitrogen and oxygen atoms in total. The summed E-state index contributed by atoms with van der Waals surface area (Å²) in [7, 11) is 0. The molecule has 5 N–H and O–H groups in total. The summed E-state index contributed by atoms with van der Waals surface area (Å²) in [5, 5.41) is 15.8. The molecule has 0 radical (unpaired) electrons. The molecule has 0 aliphatic rings. The van der Waals surface area contributed by atoms with Crippen LogP contribution in [0.1, 0.15) is 84.5 Å². The Balaban J connectivity index is 4.86. The standard InChI is InChI=1S/C21H42N4O4/c1-3-5-7-11-15-23-21(28)19(13-9-10-14-22)24-20(27)18(12-8-6-4-2)16-25(29)17-26/h17-19,29H,3-16,22H2,1-2H3,(H,23,28)(H,24,27)/t18-,19+/m1/s1. The molecular formula is C21H42N4O4. The molecule has 0 heterocycles. The van der Waals surface area contributed by atoms with Crippen molar-refractivity contribution < 1.29 is 19.6 Å². The van der Waals surface area contributed by atoms with Crippen LogP contribution in [-0.4, -0.2) is 54.2 Å². The fourth-order valence-electron chi connectivity index (χ4n) is 3.15. The van der Waals surface area contributed by atoms with E-state index in [4.69, 9.17) is 5.73 Å². The number of nitrogens with zero attached hydrogens (tertiary/aromatic N) is 1. The summed E-state index contributed by atoms with van der Waals surface area (Å²) in [5.74, 6) is -1.04. The highest BCUT2D eigenvalue weighted by Gasteiger charge is 2.26. The van der Waals surface area contributed by atoms with Crippen molar-refractivity contribution in [3.05, 3.63) is 0 Å². The average Bonchev–Trinajstić information content (AvgIpc) is 2.71. The zero-order valence-corrected chi connectivity index (χ0v) is 18.3. The molecule has 0 aromatic heterocycles. The molecule has 0 unspecified atom stereocenters. The molecule has 0 aliphatic carbocycles. The van der Waals surface area contributed by atoms with Gasteiger partial charge in [-0.25, -0.2) is 5.06 Å². The van der Waals surface area contributed by atoms with Crippen LogP contribution in [0.4, 0.5) is 0 Å². The second-order valence-corrected chi connectivity index (χ2v) is 7.62. The van der Waals surface area contributed by atoms with Gasteiger partial charge >= 0.3 is 0 Å². The first kappa shape index (κ1) is 27.3. The van der Waals surface area contributed by atoms with Crippen molar-refractivity contribution in [2.45, 2.75) is 90.5 Å². The molecule has 0 bridgehead atoms. The van der Waals surface area contributed by atoms with Gasteiger partial charge in [0.15, 0.2) is 0 Å². The molecule has 8 heteroatoms. The lowest BCUT2D eigenvalue weighted by atomic mass is 9.99. The number of hydroxylamine groups is 2. The van der Waals surface area contributed by atoms with Crippen LogP contribution in [0.2, 0.25) is 0 Å². The van der Waals surface area contributed by atoms with Crippen LogP contribution < -0.4 is 16.4 Å². The van der Waals surface area contributed by atoms with Gasteiger partial charge in [-0.1, -0.05) is 52.4 Å². The van der Waals surface area contributed by atoms with Crippen molar-refractivity contribution in [1.29, 1.82) is 0 Å². The van der Waals surface area contributed by atoms with E-state index in [1.54, 1.807) is 0 Å². The second kappa shape index (κ2) is 18.4. The second-order valence-electron chi connectivity index (χ2n) is 7.62. The van der Waals surface area contributed by atoms with Gasteiger partial charge in [-0.2, -0.15) is 0 Å². The van der Waals surface area contributed by atoms with E-state index in [1.165, 1.54) is 0 Å². The van der Waals surface area contributed by atoms with Gasteiger partial charge in [0.1, 0.15) is 6.04 Å². The molecule has 0 spiro atoms. The van der Waals surface area contributed by atoms with Crippen molar-refractivity contribution in [3.63, 3.8) is 0 Å². The number of nitrogens with one attached hydrogen (secondary N) is 2. The zero-order valence-electron chi connectivity index (χ0n) is 18.3. The number of carbonyl (C=O) groups is 3. The fourth-order valence-corrected chi connectivity index (χ4v) is 3.15. The maximum Gasteiger partial charge on any atom is 0.242 e. The first-order valence-electron chi connectivity index (χ1n) is 11.2. The number of rotatable bonds is 19. The summed E-state index contributed by atoms with van der Waals surface area (Å²) >= 11 is 0. The lowest BCUT2D eigenvalue weighted by Crippen LogP contribution is -2.50. The number of hydrogen-bond donors (Lipinski definition) is 4. The van der Waals surface area contributed by atoms with E-state index in [0.29, 0.717) is 37.4 Å². The van der Waals surface area contributed by atoms with E-state index in [0.717, 1.165) is 57.8 Å². The number of unbranched alkanes of at least 4 members (excludes halogenated alkanes) is 6. The van der Waals surface area contributed by atoms with Gasteiger partial charge < -0.3 is 16.4 Å². The largest absolute Gasteiger partial charge is 0.354 e. The molecule has 0 saturated carbocycles. The normalized spacial score (nSPS) is 12.8. The van der Waals surface area contributed by atoms with Gasteiger partial charge in [-0.05, 0) is 38.6 Å². The minimum atomic E-state index is -0.628. The summed E-state index contributed by atoms with van der Waals surface area (Å²) in [6.45, 7) is 5.26. The van der Waals surface area contributed by atoms with Gasteiger partial charge in [-0.15, -0.1) is 0 Å². The molecule has 3 amide bonds. The van der Waals surface area contributed by atoms with Crippen LogP contribution in [0.5, 0.6) is 0 Å². The Labute approximate surface area is 175 Å². The number of carbonyl (C=O) groups excluding carboxylic acids is 3. The van der Waals surface area contributed by atoms with E-state index in [-0.39, 0.29) is 18.4 Å². The molecule has 0 fully saturated rings. The maximum atomic E-state index is 12.8. The van der Waals surface area contributed by atoms with E-state index in [2.05, 4.69) is 24.5 Å². The quantitative estimate of drug-likeness (QED) is 0.112. The lowest BCUT2D eigenvalue weighted by Gasteiger charge is -2.24. The van der Waals surface area contributed by atoms with Gasteiger partial charge in [0.2, 0.25) is 18.2 Å². The third-order valence-corrected chi connectivity index (χ3v) is 4.97.